The molecule has 1 atom stereocenters. The van der Waals surface area contributed by atoms with Crippen LogP contribution < -0.4 is 4.72 Å². The maximum absolute atomic E-state index is 11.9. The molecule has 2 heterocycles. The zero-order valence-electron chi connectivity index (χ0n) is 10.2. The fourth-order valence-electron chi connectivity index (χ4n) is 1.66. The Labute approximate surface area is 110 Å². The fourth-order valence-corrected chi connectivity index (χ4v) is 3.82. The minimum atomic E-state index is -3.49. The van der Waals surface area contributed by atoms with Crippen LogP contribution in [0.15, 0.2) is 29.7 Å². The Balaban J connectivity index is 2.01. The molecule has 0 aliphatic rings. The molecule has 2 rings (SSSR count). The fraction of sp³-hybridized carbons (Fsp3) is 0.364. The lowest BCUT2D eigenvalue weighted by Crippen LogP contribution is -2.34. The Bertz CT molecular complexity index is 602. The number of hydrogen-bond donors (Lipinski definition) is 2. The molecular weight excluding hydrogens is 270 g/mol. The topological polar surface area (TPSA) is 74.8 Å². The molecule has 2 aromatic rings. The smallest absolute Gasteiger partial charge is 0.257 e. The predicted octanol–water partition coefficient (Wildman–Crippen LogP) is 1.69. The van der Waals surface area contributed by atoms with Gasteiger partial charge in [-0.05, 0) is 32.4 Å². The monoisotopic (exact) mass is 285 g/mol. The standard InChI is InChI=1S/C11H15N3O2S2/c1-8(5-10-4-3-9(2)17-10)14-18(15,16)11-6-12-7-13-11/h3-4,6-8,14H,5H2,1-2H3,(H,12,13). The van der Waals surface area contributed by atoms with Gasteiger partial charge in [-0.2, -0.15) is 0 Å². The van der Waals surface area contributed by atoms with Gasteiger partial charge in [0.05, 0.1) is 12.5 Å². The van der Waals surface area contributed by atoms with Crippen molar-refractivity contribution in [2.24, 2.45) is 0 Å². The van der Waals surface area contributed by atoms with Crippen LogP contribution in [-0.4, -0.2) is 24.4 Å². The van der Waals surface area contributed by atoms with Crippen molar-refractivity contribution in [1.29, 1.82) is 0 Å². The minimum Gasteiger partial charge on any atom is -0.335 e. The zero-order valence-corrected chi connectivity index (χ0v) is 11.8. The van der Waals surface area contributed by atoms with Crippen molar-refractivity contribution in [3.05, 3.63) is 34.4 Å². The van der Waals surface area contributed by atoms with Crippen LogP contribution in [0.2, 0.25) is 0 Å². The van der Waals surface area contributed by atoms with E-state index in [1.807, 2.05) is 26.0 Å². The first-order valence-corrected chi connectivity index (χ1v) is 7.83. The molecule has 2 N–H and O–H groups in total. The van der Waals surface area contributed by atoms with Crippen molar-refractivity contribution in [3.63, 3.8) is 0 Å². The van der Waals surface area contributed by atoms with Gasteiger partial charge in [0, 0.05) is 15.8 Å². The van der Waals surface area contributed by atoms with Crippen molar-refractivity contribution in [3.8, 4) is 0 Å². The van der Waals surface area contributed by atoms with E-state index in [1.165, 1.54) is 22.3 Å². The van der Waals surface area contributed by atoms with Crippen molar-refractivity contribution < 1.29 is 8.42 Å². The summed E-state index contributed by atoms with van der Waals surface area (Å²) in [5.41, 5.74) is 0. The zero-order chi connectivity index (χ0) is 13.2. The lowest BCUT2D eigenvalue weighted by Gasteiger charge is -2.12. The normalized spacial score (nSPS) is 13.7. The third kappa shape index (κ3) is 3.18. The van der Waals surface area contributed by atoms with E-state index in [0.717, 1.165) is 0 Å². The second-order valence-corrected chi connectivity index (χ2v) is 7.21. The van der Waals surface area contributed by atoms with Crippen LogP contribution in [0.4, 0.5) is 0 Å². The number of rotatable bonds is 5. The second kappa shape index (κ2) is 5.21. The molecule has 98 valence electrons. The molecule has 2 aromatic heterocycles. The highest BCUT2D eigenvalue weighted by molar-refractivity contribution is 7.89. The molecule has 0 spiro atoms. The highest BCUT2D eigenvalue weighted by atomic mass is 32.2. The lowest BCUT2D eigenvalue weighted by atomic mass is 10.2. The molecule has 0 fully saturated rings. The van der Waals surface area contributed by atoms with E-state index in [4.69, 9.17) is 0 Å². The third-order valence-corrected chi connectivity index (χ3v) is 4.96. The molecule has 18 heavy (non-hydrogen) atoms. The van der Waals surface area contributed by atoms with E-state index in [9.17, 15) is 8.42 Å². The summed E-state index contributed by atoms with van der Waals surface area (Å²) in [5.74, 6) is 0. The SMILES string of the molecule is Cc1ccc(CC(C)NS(=O)(=O)c2cnc[nH]2)s1. The van der Waals surface area contributed by atoms with E-state index >= 15 is 0 Å². The maximum Gasteiger partial charge on any atom is 0.257 e. The van der Waals surface area contributed by atoms with E-state index in [-0.39, 0.29) is 11.1 Å². The maximum atomic E-state index is 11.9. The van der Waals surface area contributed by atoms with Gasteiger partial charge in [0.1, 0.15) is 0 Å². The summed E-state index contributed by atoms with van der Waals surface area (Å²) in [5, 5.41) is 0.0942. The van der Waals surface area contributed by atoms with E-state index in [1.54, 1.807) is 11.3 Å². The van der Waals surface area contributed by atoms with Crippen molar-refractivity contribution in [1.82, 2.24) is 14.7 Å². The van der Waals surface area contributed by atoms with E-state index in [0.29, 0.717) is 6.42 Å². The van der Waals surface area contributed by atoms with Crippen molar-refractivity contribution in [2.45, 2.75) is 31.3 Å². The summed E-state index contributed by atoms with van der Waals surface area (Å²) < 4.78 is 26.5. The first kappa shape index (κ1) is 13.3. The van der Waals surface area contributed by atoms with Crippen LogP contribution in [0, 0.1) is 6.92 Å². The molecule has 0 aliphatic heterocycles. The molecule has 1 unspecified atom stereocenters. The van der Waals surface area contributed by atoms with Crippen LogP contribution in [0.25, 0.3) is 0 Å². The van der Waals surface area contributed by atoms with Gasteiger partial charge in [0.2, 0.25) is 0 Å². The molecule has 0 saturated heterocycles. The van der Waals surface area contributed by atoms with Gasteiger partial charge in [-0.3, -0.25) is 0 Å². The number of thiophene rings is 1. The van der Waals surface area contributed by atoms with Gasteiger partial charge < -0.3 is 4.98 Å². The Morgan fingerprint density at radius 2 is 2.28 bits per heavy atom. The van der Waals surface area contributed by atoms with Crippen molar-refractivity contribution >= 4 is 21.4 Å². The number of hydrogen-bond acceptors (Lipinski definition) is 4. The van der Waals surface area contributed by atoms with Gasteiger partial charge in [-0.15, -0.1) is 11.3 Å². The molecule has 0 amide bonds. The first-order valence-electron chi connectivity index (χ1n) is 5.53. The summed E-state index contributed by atoms with van der Waals surface area (Å²) in [6.45, 7) is 3.89. The number of aromatic nitrogens is 2. The largest absolute Gasteiger partial charge is 0.335 e. The van der Waals surface area contributed by atoms with Crippen LogP contribution in [0.3, 0.4) is 0 Å². The molecule has 7 heteroatoms. The number of nitrogens with zero attached hydrogens (tertiary/aromatic N) is 1. The lowest BCUT2D eigenvalue weighted by molar-refractivity contribution is 0.558. The highest BCUT2D eigenvalue weighted by Gasteiger charge is 2.18. The number of H-pyrrole nitrogens is 1. The van der Waals surface area contributed by atoms with E-state index < -0.39 is 10.0 Å². The summed E-state index contributed by atoms with van der Waals surface area (Å²) in [6.07, 6.45) is 3.33. The predicted molar refractivity (Wildman–Crippen MR) is 71.1 cm³/mol. The summed E-state index contributed by atoms with van der Waals surface area (Å²) in [6, 6.07) is 3.91. The molecule has 0 radical (unpaired) electrons. The molecule has 0 aromatic carbocycles. The Morgan fingerprint density at radius 1 is 1.50 bits per heavy atom. The van der Waals surface area contributed by atoms with Gasteiger partial charge >= 0.3 is 0 Å². The summed E-state index contributed by atoms with van der Waals surface area (Å²) >= 11 is 1.68. The number of nitrogens with one attached hydrogen (secondary N) is 2. The minimum absolute atomic E-state index is 0.0942. The van der Waals surface area contributed by atoms with Crippen LogP contribution >= 0.6 is 11.3 Å². The Morgan fingerprint density at radius 3 is 2.83 bits per heavy atom. The number of sulfonamides is 1. The van der Waals surface area contributed by atoms with Gasteiger partial charge in [0.25, 0.3) is 10.0 Å². The van der Waals surface area contributed by atoms with Crippen LogP contribution in [0.1, 0.15) is 16.7 Å². The van der Waals surface area contributed by atoms with Crippen LogP contribution in [0.5, 0.6) is 0 Å². The van der Waals surface area contributed by atoms with Crippen LogP contribution in [-0.2, 0) is 16.4 Å². The average molecular weight is 285 g/mol. The number of aromatic amines is 1. The van der Waals surface area contributed by atoms with Crippen molar-refractivity contribution in [2.75, 3.05) is 0 Å². The molecule has 0 bridgehead atoms. The summed E-state index contributed by atoms with van der Waals surface area (Å²) in [4.78, 5) is 8.71. The molecular formula is C11H15N3O2S2. The quantitative estimate of drug-likeness (QED) is 0.878. The molecule has 0 aliphatic carbocycles. The average Bonchev–Trinajstić information content (AvgIpc) is 2.88. The van der Waals surface area contributed by atoms with Gasteiger partial charge in [0.15, 0.2) is 5.03 Å². The second-order valence-electron chi connectivity index (χ2n) is 4.15. The Kier molecular flexibility index (Phi) is 3.84. The number of imidazole rings is 1. The third-order valence-electron chi connectivity index (χ3n) is 2.42. The number of aryl methyl sites for hydroxylation is 1. The molecule has 5 nitrogen and oxygen atoms in total. The highest BCUT2D eigenvalue weighted by Crippen LogP contribution is 2.17. The van der Waals surface area contributed by atoms with Gasteiger partial charge in [-0.25, -0.2) is 18.1 Å². The first-order chi connectivity index (χ1) is 8.47. The van der Waals surface area contributed by atoms with Gasteiger partial charge in [-0.1, -0.05) is 0 Å². The summed E-state index contributed by atoms with van der Waals surface area (Å²) in [7, 11) is -3.49. The molecule has 0 saturated carbocycles. The Hall–Kier alpha value is -1.18. The van der Waals surface area contributed by atoms with E-state index in [2.05, 4.69) is 14.7 Å².